The number of thioether (sulfide) groups is 1. The van der Waals surface area contributed by atoms with Gasteiger partial charge in [-0.2, -0.15) is 11.8 Å². The summed E-state index contributed by atoms with van der Waals surface area (Å²) in [6.07, 6.45) is 4.30. The summed E-state index contributed by atoms with van der Waals surface area (Å²) in [6, 6.07) is 0. The van der Waals surface area contributed by atoms with Crippen LogP contribution in [0.3, 0.4) is 0 Å². The maximum absolute atomic E-state index is 11.3. The summed E-state index contributed by atoms with van der Waals surface area (Å²) in [5.74, 6) is 2.19. The molecule has 4 heteroatoms. The van der Waals surface area contributed by atoms with E-state index in [4.69, 9.17) is 5.73 Å². The van der Waals surface area contributed by atoms with Crippen molar-refractivity contribution in [2.45, 2.75) is 52.0 Å². The molecule has 0 saturated heterocycles. The molecule has 1 amide bonds. The fraction of sp³-hybridized carbons (Fsp3) is 0.917. The Labute approximate surface area is 104 Å². The van der Waals surface area contributed by atoms with Gasteiger partial charge < -0.3 is 11.1 Å². The van der Waals surface area contributed by atoms with Crippen LogP contribution in [0.1, 0.15) is 46.5 Å². The van der Waals surface area contributed by atoms with E-state index in [1.54, 1.807) is 0 Å². The second-order valence-electron chi connectivity index (χ2n) is 4.30. The van der Waals surface area contributed by atoms with E-state index in [2.05, 4.69) is 12.2 Å². The van der Waals surface area contributed by atoms with Gasteiger partial charge in [-0.3, -0.25) is 4.79 Å². The van der Waals surface area contributed by atoms with E-state index in [9.17, 15) is 4.79 Å². The van der Waals surface area contributed by atoms with Crippen molar-refractivity contribution in [3.63, 3.8) is 0 Å². The normalized spacial score (nSPS) is 14.7. The third-order valence-corrected chi connectivity index (χ3v) is 3.95. The van der Waals surface area contributed by atoms with Crippen molar-refractivity contribution in [3.8, 4) is 0 Å². The first-order valence-electron chi connectivity index (χ1n) is 6.19. The van der Waals surface area contributed by atoms with Crippen molar-refractivity contribution >= 4 is 17.7 Å². The molecule has 0 fully saturated rings. The maximum atomic E-state index is 11.3. The van der Waals surface area contributed by atoms with Gasteiger partial charge in [0.15, 0.2) is 0 Å². The van der Waals surface area contributed by atoms with Crippen LogP contribution < -0.4 is 11.1 Å². The molecule has 16 heavy (non-hydrogen) atoms. The van der Waals surface area contributed by atoms with Crippen molar-refractivity contribution < 1.29 is 4.79 Å². The molecule has 0 radical (unpaired) electrons. The van der Waals surface area contributed by atoms with Crippen molar-refractivity contribution in [1.29, 1.82) is 0 Å². The van der Waals surface area contributed by atoms with Gasteiger partial charge in [0.05, 0.1) is 5.54 Å². The monoisotopic (exact) mass is 246 g/mol. The molecule has 1 unspecified atom stereocenters. The lowest BCUT2D eigenvalue weighted by atomic mass is 9.94. The second-order valence-corrected chi connectivity index (χ2v) is 5.52. The number of hydrogen-bond acceptors (Lipinski definition) is 3. The average molecular weight is 246 g/mol. The number of hydrogen-bond donors (Lipinski definition) is 2. The Morgan fingerprint density at radius 3 is 2.50 bits per heavy atom. The standard InChI is InChI=1S/C12H26N2OS/c1-4-9-16-10-7-6-8-12(3,11(13)15)14-5-2/h14H,4-10H2,1-3H3,(H2,13,15). The van der Waals surface area contributed by atoms with Crippen LogP contribution in [0, 0.1) is 0 Å². The van der Waals surface area contributed by atoms with Crippen molar-refractivity contribution in [2.75, 3.05) is 18.1 Å². The molecule has 0 spiro atoms. The largest absolute Gasteiger partial charge is 0.368 e. The number of nitrogens with one attached hydrogen (secondary N) is 1. The number of nitrogens with two attached hydrogens (primary N) is 1. The first-order chi connectivity index (χ1) is 7.56. The van der Waals surface area contributed by atoms with E-state index in [-0.39, 0.29) is 5.91 Å². The lowest BCUT2D eigenvalue weighted by Gasteiger charge is -2.26. The maximum Gasteiger partial charge on any atom is 0.237 e. The highest BCUT2D eigenvalue weighted by atomic mass is 32.2. The highest BCUT2D eigenvalue weighted by Crippen LogP contribution is 2.15. The highest BCUT2D eigenvalue weighted by molar-refractivity contribution is 7.99. The molecule has 0 aromatic carbocycles. The average Bonchev–Trinajstić information content (AvgIpc) is 2.23. The van der Waals surface area contributed by atoms with Gasteiger partial charge in [0.1, 0.15) is 0 Å². The van der Waals surface area contributed by atoms with E-state index in [0.717, 1.165) is 19.4 Å². The molecule has 0 aromatic rings. The third-order valence-electron chi connectivity index (χ3n) is 2.67. The molecule has 3 nitrogen and oxygen atoms in total. The smallest absolute Gasteiger partial charge is 0.237 e. The van der Waals surface area contributed by atoms with Gasteiger partial charge in [-0.15, -0.1) is 0 Å². The Bertz CT molecular complexity index is 199. The van der Waals surface area contributed by atoms with Gasteiger partial charge in [0, 0.05) is 0 Å². The van der Waals surface area contributed by atoms with Crippen LogP contribution in [-0.2, 0) is 4.79 Å². The molecular weight excluding hydrogens is 220 g/mol. The van der Waals surface area contributed by atoms with E-state index in [1.807, 2.05) is 25.6 Å². The highest BCUT2D eigenvalue weighted by Gasteiger charge is 2.28. The van der Waals surface area contributed by atoms with Crippen LogP contribution in [0.15, 0.2) is 0 Å². The summed E-state index contributed by atoms with van der Waals surface area (Å²) in [5, 5.41) is 3.18. The second kappa shape index (κ2) is 8.88. The van der Waals surface area contributed by atoms with Crippen LogP contribution in [0.4, 0.5) is 0 Å². The zero-order valence-electron chi connectivity index (χ0n) is 10.8. The predicted octanol–water partition coefficient (Wildman–Crippen LogP) is 2.15. The number of primary amides is 1. The zero-order valence-corrected chi connectivity index (χ0v) is 11.7. The Hall–Kier alpha value is -0.220. The van der Waals surface area contributed by atoms with Gasteiger partial charge in [-0.05, 0) is 44.2 Å². The SMILES string of the molecule is CCCSCCCCC(C)(NCC)C(N)=O. The minimum atomic E-state index is -0.524. The molecule has 96 valence electrons. The third kappa shape index (κ3) is 6.38. The van der Waals surface area contributed by atoms with E-state index >= 15 is 0 Å². The molecule has 3 N–H and O–H groups in total. The van der Waals surface area contributed by atoms with Crippen molar-refractivity contribution in [3.05, 3.63) is 0 Å². The number of carbonyl (C=O) groups excluding carboxylic acids is 1. The molecule has 0 saturated carbocycles. The summed E-state index contributed by atoms with van der Waals surface area (Å²) in [4.78, 5) is 11.3. The first-order valence-corrected chi connectivity index (χ1v) is 7.35. The minimum absolute atomic E-state index is 0.240. The summed E-state index contributed by atoms with van der Waals surface area (Å²) >= 11 is 1.99. The topological polar surface area (TPSA) is 55.1 Å². The molecule has 0 aliphatic heterocycles. The Morgan fingerprint density at radius 1 is 1.31 bits per heavy atom. The molecule has 0 aromatic heterocycles. The van der Waals surface area contributed by atoms with Gasteiger partial charge in [-0.1, -0.05) is 20.3 Å². The van der Waals surface area contributed by atoms with Gasteiger partial charge in [-0.25, -0.2) is 0 Å². The van der Waals surface area contributed by atoms with Crippen LogP contribution >= 0.6 is 11.8 Å². The van der Waals surface area contributed by atoms with Gasteiger partial charge >= 0.3 is 0 Å². The zero-order chi connectivity index (χ0) is 12.4. The van der Waals surface area contributed by atoms with Crippen LogP contribution in [0.25, 0.3) is 0 Å². The van der Waals surface area contributed by atoms with Crippen LogP contribution in [0.5, 0.6) is 0 Å². The fourth-order valence-electron chi connectivity index (χ4n) is 1.62. The van der Waals surface area contributed by atoms with Crippen LogP contribution in [-0.4, -0.2) is 29.5 Å². The Kier molecular flexibility index (Phi) is 8.76. The minimum Gasteiger partial charge on any atom is -0.368 e. The number of unbranched alkanes of at least 4 members (excludes halogenated alkanes) is 1. The predicted molar refractivity (Wildman–Crippen MR) is 72.7 cm³/mol. The van der Waals surface area contributed by atoms with Crippen molar-refractivity contribution in [1.82, 2.24) is 5.32 Å². The molecule has 0 bridgehead atoms. The van der Waals surface area contributed by atoms with Crippen molar-refractivity contribution in [2.24, 2.45) is 5.73 Å². The lowest BCUT2D eigenvalue weighted by molar-refractivity contribution is -0.124. The fourth-order valence-corrected chi connectivity index (χ4v) is 2.52. The number of rotatable bonds is 10. The summed E-state index contributed by atoms with van der Waals surface area (Å²) in [6.45, 7) is 6.88. The number of amides is 1. The number of likely N-dealkylation sites (N-methyl/N-ethyl adjacent to an activating group) is 1. The Morgan fingerprint density at radius 2 is 2.00 bits per heavy atom. The summed E-state index contributed by atoms with van der Waals surface area (Å²) < 4.78 is 0. The molecular formula is C12H26N2OS. The van der Waals surface area contributed by atoms with E-state index in [0.29, 0.717) is 0 Å². The van der Waals surface area contributed by atoms with Gasteiger partial charge in [0.2, 0.25) is 5.91 Å². The molecule has 0 aliphatic carbocycles. The summed E-state index contributed by atoms with van der Waals surface area (Å²) in [7, 11) is 0. The quantitative estimate of drug-likeness (QED) is 0.581. The van der Waals surface area contributed by atoms with E-state index < -0.39 is 5.54 Å². The van der Waals surface area contributed by atoms with Gasteiger partial charge in [0.25, 0.3) is 0 Å². The first kappa shape index (κ1) is 15.8. The number of carbonyl (C=O) groups is 1. The van der Waals surface area contributed by atoms with E-state index in [1.165, 1.54) is 24.3 Å². The molecule has 1 atom stereocenters. The molecule has 0 aliphatic rings. The van der Waals surface area contributed by atoms with Crippen LogP contribution in [0.2, 0.25) is 0 Å². The Balaban J connectivity index is 3.73. The summed E-state index contributed by atoms with van der Waals surface area (Å²) in [5.41, 5.74) is 4.89. The molecule has 0 heterocycles. The lowest BCUT2D eigenvalue weighted by Crippen LogP contribution is -2.52. The molecule has 0 rings (SSSR count).